The van der Waals surface area contributed by atoms with Crippen LogP contribution in [-0.2, 0) is 20.9 Å². The number of Topliss-reactive ketones (excluding diaryl/α,β-unsaturated/α-hetero) is 1. The van der Waals surface area contributed by atoms with Crippen LogP contribution >= 0.6 is 0 Å². The van der Waals surface area contributed by atoms with E-state index in [1.54, 1.807) is 25.3 Å². The maximum absolute atomic E-state index is 12.1. The topological polar surface area (TPSA) is 72.1 Å². The molecule has 0 spiro atoms. The van der Waals surface area contributed by atoms with Gasteiger partial charge in [-0.1, -0.05) is 0 Å². The Hall–Kier alpha value is -2.09. The number of rotatable bonds is 5. The lowest BCUT2D eigenvalue weighted by atomic mass is 9.88. The van der Waals surface area contributed by atoms with Crippen molar-refractivity contribution in [2.75, 3.05) is 6.61 Å². The summed E-state index contributed by atoms with van der Waals surface area (Å²) in [4.78, 5) is 23.8. The monoisotopic (exact) mass is 248 g/mol. The van der Waals surface area contributed by atoms with E-state index in [1.165, 1.54) is 18.4 Å². The molecule has 5 heteroatoms. The van der Waals surface area contributed by atoms with Crippen LogP contribution in [0.1, 0.15) is 26.5 Å². The Kier molecular flexibility index (Phi) is 4.27. The number of ether oxygens (including phenoxy) is 1. The van der Waals surface area contributed by atoms with E-state index in [0.717, 1.165) is 0 Å². The number of esters is 1. The van der Waals surface area contributed by atoms with Gasteiger partial charge in [-0.15, -0.1) is 0 Å². The molecule has 0 bridgehead atoms. The zero-order valence-corrected chi connectivity index (χ0v) is 10.8. The Labute approximate surface area is 106 Å². The molecule has 0 aliphatic carbocycles. The van der Waals surface area contributed by atoms with Gasteiger partial charge in [-0.05, 0) is 32.9 Å². The molecule has 0 amide bonds. The predicted molar refractivity (Wildman–Crippen MR) is 64.6 cm³/mol. The summed E-state index contributed by atoms with van der Waals surface area (Å²) in [5, 5.41) is 8.84. The number of ketones is 1. The molecule has 0 unspecified atom stereocenters. The van der Waals surface area contributed by atoms with Crippen LogP contribution in [0.5, 0.6) is 0 Å². The Bertz CT molecular complexity index is 495. The molecular formula is C13H16N2O3. The molecule has 0 atom stereocenters. The number of carbonyl (C=O) groups is 2. The Balaban J connectivity index is 2.83. The minimum Gasteiger partial charge on any atom is -0.465 e. The molecule has 5 nitrogen and oxygen atoms in total. The van der Waals surface area contributed by atoms with Crippen molar-refractivity contribution in [3.63, 3.8) is 0 Å². The highest BCUT2D eigenvalue weighted by atomic mass is 16.5. The maximum Gasteiger partial charge on any atom is 0.319 e. The van der Waals surface area contributed by atoms with Crippen LogP contribution in [0, 0.1) is 16.7 Å². The standard InChI is InChI=1S/C13H16N2O3/c1-4-18-12(17)13(2,3)11(16)9-15-7-5-6-10(15)8-14/h5-7H,4,9H2,1-3H3. The number of aromatic nitrogens is 1. The SMILES string of the molecule is CCOC(=O)C(C)(C)C(=O)Cn1cccc1C#N. The van der Waals surface area contributed by atoms with Crippen molar-refractivity contribution in [2.45, 2.75) is 27.3 Å². The van der Waals surface area contributed by atoms with Crippen molar-refractivity contribution >= 4 is 11.8 Å². The maximum atomic E-state index is 12.1. The van der Waals surface area contributed by atoms with Crippen molar-refractivity contribution in [2.24, 2.45) is 5.41 Å². The third-order valence-electron chi connectivity index (χ3n) is 2.74. The number of nitriles is 1. The van der Waals surface area contributed by atoms with Gasteiger partial charge < -0.3 is 9.30 Å². The highest BCUT2D eigenvalue weighted by Crippen LogP contribution is 2.20. The van der Waals surface area contributed by atoms with E-state index in [1.807, 2.05) is 6.07 Å². The molecule has 0 saturated carbocycles. The first-order chi connectivity index (χ1) is 8.43. The fourth-order valence-electron chi connectivity index (χ4n) is 1.43. The summed E-state index contributed by atoms with van der Waals surface area (Å²) in [5.74, 6) is -0.825. The predicted octanol–water partition coefficient (Wildman–Crippen LogP) is 1.52. The fraction of sp³-hybridized carbons (Fsp3) is 0.462. The van der Waals surface area contributed by atoms with Crippen molar-refractivity contribution in [1.29, 1.82) is 5.26 Å². The van der Waals surface area contributed by atoms with Crippen LogP contribution in [0.25, 0.3) is 0 Å². The Morgan fingerprint density at radius 1 is 1.50 bits per heavy atom. The minimum absolute atomic E-state index is 0.0122. The number of hydrogen-bond acceptors (Lipinski definition) is 4. The second-order valence-corrected chi connectivity index (χ2v) is 4.40. The highest BCUT2D eigenvalue weighted by Gasteiger charge is 2.37. The van der Waals surface area contributed by atoms with E-state index >= 15 is 0 Å². The van der Waals surface area contributed by atoms with Crippen molar-refractivity contribution < 1.29 is 14.3 Å². The summed E-state index contributed by atoms with van der Waals surface area (Å²) >= 11 is 0. The first-order valence-electron chi connectivity index (χ1n) is 5.69. The lowest BCUT2D eigenvalue weighted by Gasteiger charge is -2.21. The summed E-state index contributed by atoms with van der Waals surface area (Å²) in [6.07, 6.45) is 1.64. The van der Waals surface area contributed by atoms with Crippen LogP contribution in [0.4, 0.5) is 0 Å². The van der Waals surface area contributed by atoms with E-state index in [2.05, 4.69) is 0 Å². The summed E-state index contributed by atoms with van der Waals surface area (Å²) < 4.78 is 6.39. The molecule has 1 aromatic heterocycles. The largest absolute Gasteiger partial charge is 0.465 e. The van der Waals surface area contributed by atoms with Crippen LogP contribution in [0.15, 0.2) is 18.3 Å². The van der Waals surface area contributed by atoms with Crippen LogP contribution in [0.3, 0.4) is 0 Å². The van der Waals surface area contributed by atoms with Crippen LogP contribution in [-0.4, -0.2) is 22.9 Å². The van der Waals surface area contributed by atoms with Gasteiger partial charge in [0.1, 0.15) is 17.2 Å². The molecular weight excluding hydrogens is 232 g/mol. The zero-order valence-electron chi connectivity index (χ0n) is 10.8. The molecule has 96 valence electrons. The van der Waals surface area contributed by atoms with Gasteiger partial charge in [-0.25, -0.2) is 0 Å². The molecule has 1 heterocycles. The molecule has 0 fully saturated rings. The highest BCUT2D eigenvalue weighted by molar-refractivity contribution is 6.02. The lowest BCUT2D eigenvalue weighted by molar-refractivity contribution is -0.158. The van der Waals surface area contributed by atoms with Gasteiger partial charge in [0, 0.05) is 6.20 Å². The van der Waals surface area contributed by atoms with Gasteiger partial charge in [0.2, 0.25) is 0 Å². The van der Waals surface area contributed by atoms with Gasteiger partial charge in [-0.2, -0.15) is 5.26 Å². The summed E-state index contributed by atoms with van der Waals surface area (Å²) in [5.41, 5.74) is -0.810. The molecule has 1 rings (SSSR count). The average molecular weight is 248 g/mol. The van der Waals surface area contributed by atoms with Crippen LogP contribution in [0.2, 0.25) is 0 Å². The first-order valence-corrected chi connectivity index (χ1v) is 5.69. The second-order valence-electron chi connectivity index (χ2n) is 4.40. The summed E-state index contributed by atoms with van der Waals surface area (Å²) in [6.45, 7) is 4.98. The lowest BCUT2D eigenvalue weighted by Crippen LogP contribution is -2.37. The number of hydrogen-bond donors (Lipinski definition) is 0. The third kappa shape index (κ3) is 2.77. The van der Waals surface area contributed by atoms with E-state index in [0.29, 0.717) is 5.69 Å². The Morgan fingerprint density at radius 3 is 2.72 bits per heavy atom. The molecule has 0 N–H and O–H groups in total. The van der Waals surface area contributed by atoms with E-state index in [-0.39, 0.29) is 18.9 Å². The van der Waals surface area contributed by atoms with Crippen molar-refractivity contribution in [3.05, 3.63) is 24.0 Å². The molecule has 0 aromatic carbocycles. The van der Waals surface area contributed by atoms with Gasteiger partial charge >= 0.3 is 5.97 Å². The van der Waals surface area contributed by atoms with E-state index in [4.69, 9.17) is 10.00 Å². The van der Waals surface area contributed by atoms with Gasteiger partial charge in [0.25, 0.3) is 0 Å². The summed E-state index contributed by atoms with van der Waals surface area (Å²) in [6, 6.07) is 5.28. The quantitative estimate of drug-likeness (QED) is 0.585. The normalized spacial score (nSPS) is 10.8. The van der Waals surface area contributed by atoms with E-state index in [9.17, 15) is 9.59 Å². The number of carbonyl (C=O) groups excluding carboxylic acids is 2. The molecule has 0 radical (unpaired) electrons. The first kappa shape index (κ1) is 14.0. The Morgan fingerprint density at radius 2 is 2.17 bits per heavy atom. The molecule has 1 aromatic rings. The molecule has 0 aliphatic heterocycles. The second kappa shape index (κ2) is 5.50. The third-order valence-corrected chi connectivity index (χ3v) is 2.74. The molecule has 0 saturated heterocycles. The fourth-order valence-corrected chi connectivity index (χ4v) is 1.43. The minimum atomic E-state index is -1.20. The number of nitrogens with zero attached hydrogens (tertiary/aromatic N) is 2. The van der Waals surface area contributed by atoms with Crippen molar-refractivity contribution in [1.82, 2.24) is 4.57 Å². The van der Waals surface area contributed by atoms with Crippen LogP contribution < -0.4 is 0 Å². The van der Waals surface area contributed by atoms with Crippen molar-refractivity contribution in [3.8, 4) is 6.07 Å². The van der Waals surface area contributed by atoms with Gasteiger partial charge in [0.15, 0.2) is 5.78 Å². The van der Waals surface area contributed by atoms with Gasteiger partial charge in [-0.3, -0.25) is 9.59 Å². The van der Waals surface area contributed by atoms with Gasteiger partial charge in [0.05, 0.1) is 13.2 Å². The zero-order chi connectivity index (χ0) is 13.8. The smallest absolute Gasteiger partial charge is 0.319 e. The average Bonchev–Trinajstić information content (AvgIpc) is 2.76. The summed E-state index contributed by atoms with van der Waals surface area (Å²) in [7, 11) is 0. The molecule has 0 aliphatic rings. The molecule has 18 heavy (non-hydrogen) atoms. The van der Waals surface area contributed by atoms with E-state index < -0.39 is 11.4 Å².